The van der Waals surface area contributed by atoms with Gasteiger partial charge in [0.25, 0.3) is 0 Å². The van der Waals surface area contributed by atoms with Crippen LogP contribution in [0.3, 0.4) is 0 Å². The molecule has 0 spiro atoms. The summed E-state index contributed by atoms with van der Waals surface area (Å²) in [5.74, 6) is -0.502. The Hall–Kier alpha value is -0.660. The maximum absolute atomic E-state index is 13.4. The fourth-order valence-electron chi connectivity index (χ4n) is 1.52. The van der Waals surface area contributed by atoms with Gasteiger partial charge in [0.2, 0.25) is 0 Å². The van der Waals surface area contributed by atoms with Gasteiger partial charge in [-0.1, -0.05) is 13.8 Å². The minimum atomic E-state index is -3.63. The van der Waals surface area contributed by atoms with E-state index < -0.39 is 16.0 Å². The Bertz CT molecular complexity index is 530. The third-order valence-electron chi connectivity index (χ3n) is 2.55. The lowest BCUT2D eigenvalue weighted by Crippen LogP contribution is -2.35. The third kappa shape index (κ3) is 3.43. The summed E-state index contributed by atoms with van der Waals surface area (Å²) >= 11 is 3.05. The number of nitrogens with zero attached hydrogens (tertiary/aromatic N) is 1. The highest BCUT2D eigenvalue weighted by Crippen LogP contribution is 2.25. The Kier molecular flexibility index (Phi) is 5.12. The van der Waals surface area contributed by atoms with Crippen LogP contribution in [-0.2, 0) is 10.2 Å². The lowest BCUT2D eigenvalue weighted by molar-refractivity contribution is 0.449. The van der Waals surface area contributed by atoms with Crippen LogP contribution in [0.4, 0.5) is 10.1 Å². The van der Waals surface area contributed by atoms with Crippen molar-refractivity contribution in [2.75, 3.05) is 17.8 Å². The second-order valence-corrected chi connectivity index (χ2v) is 6.30. The zero-order valence-electron chi connectivity index (χ0n) is 10.5. The van der Waals surface area contributed by atoms with Crippen molar-refractivity contribution >= 4 is 31.8 Å². The molecule has 102 valence electrons. The zero-order chi connectivity index (χ0) is 13.9. The molecule has 4 nitrogen and oxygen atoms in total. The maximum atomic E-state index is 13.4. The van der Waals surface area contributed by atoms with E-state index in [4.69, 9.17) is 0 Å². The summed E-state index contributed by atoms with van der Waals surface area (Å²) in [5.41, 5.74) is 0.904. The molecule has 0 fully saturated rings. The lowest BCUT2D eigenvalue weighted by atomic mass is 10.2. The number of benzene rings is 1. The molecule has 7 heteroatoms. The lowest BCUT2D eigenvalue weighted by Gasteiger charge is -2.20. The van der Waals surface area contributed by atoms with Gasteiger partial charge in [-0.05, 0) is 40.5 Å². The van der Waals surface area contributed by atoms with E-state index in [1.54, 1.807) is 20.8 Å². The quantitative estimate of drug-likeness (QED) is 0.897. The van der Waals surface area contributed by atoms with Crippen molar-refractivity contribution in [3.05, 3.63) is 28.0 Å². The van der Waals surface area contributed by atoms with E-state index in [0.717, 1.165) is 0 Å². The van der Waals surface area contributed by atoms with Crippen LogP contribution in [0.15, 0.2) is 16.6 Å². The molecule has 0 amide bonds. The van der Waals surface area contributed by atoms with Crippen LogP contribution in [0.1, 0.15) is 19.4 Å². The summed E-state index contributed by atoms with van der Waals surface area (Å²) in [6.45, 7) is 5.94. The van der Waals surface area contributed by atoms with Gasteiger partial charge in [-0.3, -0.25) is 4.72 Å². The van der Waals surface area contributed by atoms with Crippen molar-refractivity contribution in [3.63, 3.8) is 0 Å². The molecule has 0 bridgehead atoms. The molecule has 18 heavy (non-hydrogen) atoms. The first-order chi connectivity index (χ1) is 8.31. The van der Waals surface area contributed by atoms with Crippen LogP contribution in [0.5, 0.6) is 0 Å². The summed E-state index contributed by atoms with van der Waals surface area (Å²) in [5, 5.41) is 0. The number of rotatable bonds is 5. The minimum Gasteiger partial charge on any atom is -0.271 e. The van der Waals surface area contributed by atoms with E-state index in [1.165, 1.54) is 16.4 Å². The van der Waals surface area contributed by atoms with Gasteiger partial charge in [0.1, 0.15) is 5.82 Å². The van der Waals surface area contributed by atoms with Gasteiger partial charge in [-0.2, -0.15) is 12.7 Å². The van der Waals surface area contributed by atoms with E-state index in [1.807, 2.05) is 0 Å². The maximum Gasteiger partial charge on any atom is 0.301 e. The van der Waals surface area contributed by atoms with Gasteiger partial charge in [0.15, 0.2) is 0 Å². The number of aryl methyl sites for hydroxylation is 1. The second-order valence-electron chi connectivity index (χ2n) is 3.77. The van der Waals surface area contributed by atoms with Crippen molar-refractivity contribution in [2.24, 2.45) is 0 Å². The molecule has 0 saturated carbocycles. The van der Waals surface area contributed by atoms with Crippen molar-refractivity contribution in [1.29, 1.82) is 0 Å². The Morgan fingerprint density at radius 2 is 1.89 bits per heavy atom. The number of anilines is 1. The van der Waals surface area contributed by atoms with Crippen LogP contribution < -0.4 is 4.72 Å². The predicted molar refractivity (Wildman–Crippen MR) is 74.3 cm³/mol. The molecule has 1 aromatic carbocycles. The van der Waals surface area contributed by atoms with E-state index in [-0.39, 0.29) is 5.69 Å². The monoisotopic (exact) mass is 338 g/mol. The van der Waals surface area contributed by atoms with Crippen molar-refractivity contribution in [2.45, 2.75) is 20.8 Å². The van der Waals surface area contributed by atoms with Crippen LogP contribution in [0, 0.1) is 12.7 Å². The average Bonchev–Trinajstić information content (AvgIpc) is 2.26. The van der Waals surface area contributed by atoms with Crippen molar-refractivity contribution < 1.29 is 12.8 Å². The smallest absolute Gasteiger partial charge is 0.271 e. The Labute approximate surface area is 115 Å². The number of hydrogen-bond acceptors (Lipinski definition) is 2. The van der Waals surface area contributed by atoms with Crippen LogP contribution in [0.25, 0.3) is 0 Å². The molecule has 0 aliphatic rings. The fourth-order valence-corrected chi connectivity index (χ4v) is 3.29. The van der Waals surface area contributed by atoms with Gasteiger partial charge >= 0.3 is 10.2 Å². The first kappa shape index (κ1) is 15.4. The normalized spacial score (nSPS) is 11.9. The minimum absolute atomic E-state index is 0.252. The molecule has 0 aliphatic carbocycles. The van der Waals surface area contributed by atoms with Gasteiger partial charge in [0, 0.05) is 13.1 Å². The molecule has 0 unspecified atom stereocenters. The molecule has 1 rings (SSSR count). The summed E-state index contributed by atoms with van der Waals surface area (Å²) in [4.78, 5) is 0. The third-order valence-corrected chi connectivity index (χ3v) is 4.83. The van der Waals surface area contributed by atoms with Crippen LogP contribution in [-0.4, -0.2) is 25.8 Å². The Morgan fingerprint density at radius 3 is 2.39 bits per heavy atom. The zero-order valence-corrected chi connectivity index (χ0v) is 12.9. The highest BCUT2D eigenvalue weighted by molar-refractivity contribution is 9.10. The van der Waals surface area contributed by atoms with E-state index in [9.17, 15) is 12.8 Å². The Morgan fingerprint density at radius 1 is 1.33 bits per heavy atom. The summed E-state index contributed by atoms with van der Waals surface area (Å²) in [6.07, 6.45) is 0. The molecule has 0 atom stereocenters. The van der Waals surface area contributed by atoms with E-state index in [2.05, 4.69) is 20.7 Å². The molecule has 1 aromatic rings. The summed E-state index contributed by atoms with van der Waals surface area (Å²) in [6, 6.07) is 2.70. The predicted octanol–water partition coefficient (Wildman–Crippen LogP) is 2.90. The first-order valence-corrected chi connectivity index (χ1v) is 7.78. The Balaban J connectivity index is 3.08. The average molecular weight is 339 g/mol. The number of nitrogens with one attached hydrogen (secondary N) is 1. The highest BCUT2D eigenvalue weighted by Gasteiger charge is 2.19. The molecule has 0 saturated heterocycles. The molecular formula is C11H16BrFN2O2S. The van der Waals surface area contributed by atoms with Gasteiger partial charge < -0.3 is 0 Å². The molecule has 0 aromatic heterocycles. The van der Waals surface area contributed by atoms with Crippen LogP contribution >= 0.6 is 15.9 Å². The molecule has 0 heterocycles. The molecular weight excluding hydrogens is 323 g/mol. The summed E-state index contributed by atoms with van der Waals surface area (Å²) < 4.78 is 41.4. The molecule has 1 N–H and O–H groups in total. The fraction of sp³-hybridized carbons (Fsp3) is 0.455. The van der Waals surface area contributed by atoms with Crippen molar-refractivity contribution in [3.8, 4) is 0 Å². The second kappa shape index (κ2) is 5.99. The SMILES string of the molecule is CCN(CC)S(=O)(=O)Nc1cc(F)c(Br)cc1C. The number of hydrogen-bond donors (Lipinski definition) is 1. The topological polar surface area (TPSA) is 49.4 Å². The van der Waals surface area contributed by atoms with E-state index in [0.29, 0.717) is 23.1 Å². The van der Waals surface area contributed by atoms with Gasteiger partial charge in [0.05, 0.1) is 10.2 Å². The van der Waals surface area contributed by atoms with Gasteiger partial charge in [-0.25, -0.2) is 4.39 Å². The van der Waals surface area contributed by atoms with E-state index >= 15 is 0 Å². The molecule has 0 aliphatic heterocycles. The number of halogens is 2. The first-order valence-electron chi connectivity index (χ1n) is 5.55. The van der Waals surface area contributed by atoms with Crippen molar-refractivity contribution in [1.82, 2.24) is 4.31 Å². The molecule has 0 radical (unpaired) electrons. The highest BCUT2D eigenvalue weighted by atomic mass is 79.9. The summed E-state index contributed by atoms with van der Waals surface area (Å²) in [7, 11) is -3.63. The van der Waals surface area contributed by atoms with Crippen LogP contribution in [0.2, 0.25) is 0 Å². The largest absolute Gasteiger partial charge is 0.301 e. The van der Waals surface area contributed by atoms with Gasteiger partial charge in [-0.15, -0.1) is 0 Å². The standard InChI is InChI=1S/C11H16BrFN2O2S/c1-4-15(5-2)18(16,17)14-11-7-10(13)9(12)6-8(11)3/h6-7,14H,4-5H2,1-3H3.